The zero-order valence-electron chi connectivity index (χ0n) is 9.29. The van der Waals surface area contributed by atoms with Gasteiger partial charge in [0.05, 0.1) is 6.10 Å². The summed E-state index contributed by atoms with van der Waals surface area (Å²) in [5.74, 6) is -0.309. The second kappa shape index (κ2) is 8.33. The van der Waals surface area contributed by atoms with Gasteiger partial charge in [0, 0.05) is 28.1 Å². The van der Waals surface area contributed by atoms with Crippen molar-refractivity contribution >= 4 is 11.6 Å². The predicted octanol–water partition coefficient (Wildman–Crippen LogP) is 1.74. The van der Waals surface area contributed by atoms with E-state index in [9.17, 15) is 9.59 Å². The van der Waals surface area contributed by atoms with E-state index in [1.807, 2.05) is 20.8 Å². The Balaban J connectivity index is 0. The molecule has 0 saturated heterocycles. The molecule has 0 spiro atoms. The molecule has 0 aromatic carbocycles. The van der Waals surface area contributed by atoms with Gasteiger partial charge in [0.1, 0.15) is 0 Å². The second-order valence-corrected chi connectivity index (χ2v) is 3.39. The molecule has 0 rings (SSSR count). The first-order valence-corrected chi connectivity index (χ1v) is 4.67. The summed E-state index contributed by atoms with van der Waals surface area (Å²) < 4.78 is 5.23. The van der Waals surface area contributed by atoms with Crippen LogP contribution >= 0.6 is 0 Å². The van der Waals surface area contributed by atoms with Crippen molar-refractivity contribution < 1.29 is 36.0 Å². The maximum Gasteiger partial charge on any atom is 0.174 e. The van der Waals surface area contributed by atoms with Crippen molar-refractivity contribution in [1.82, 2.24) is 0 Å². The molecular weight excluding hydrogens is 216 g/mol. The molecule has 0 aliphatic carbocycles. The van der Waals surface area contributed by atoms with Crippen LogP contribution in [0.1, 0.15) is 40.5 Å². The van der Waals surface area contributed by atoms with Gasteiger partial charge < -0.3 is 4.74 Å². The molecule has 0 N–H and O–H groups in total. The van der Waals surface area contributed by atoms with Gasteiger partial charge in [-0.3, -0.25) is 9.59 Å². The number of hydrogen-bond acceptors (Lipinski definition) is 3. The SMILES string of the molecule is CCCC(=O)C(OC(C)C)C(C)=O.[Ti]. The molecule has 0 amide bonds. The van der Waals surface area contributed by atoms with E-state index in [0.29, 0.717) is 6.42 Å². The second-order valence-electron chi connectivity index (χ2n) is 3.39. The fraction of sp³-hybridized carbons (Fsp3) is 0.800. The van der Waals surface area contributed by atoms with Crippen molar-refractivity contribution in [2.45, 2.75) is 52.7 Å². The number of ketones is 2. The number of ether oxygens (including phenoxy) is 1. The summed E-state index contributed by atoms with van der Waals surface area (Å²) >= 11 is 0. The van der Waals surface area contributed by atoms with Crippen LogP contribution < -0.4 is 0 Å². The van der Waals surface area contributed by atoms with Crippen LogP contribution in [-0.2, 0) is 36.0 Å². The molecule has 1 atom stereocenters. The third-order valence-corrected chi connectivity index (χ3v) is 1.57. The zero-order chi connectivity index (χ0) is 10.4. The number of carbonyl (C=O) groups excluding carboxylic acids is 2. The van der Waals surface area contributed by atoms with Crippen LogP contribution in [-0.4, -0.2) is 23.8 Å². The fourth-order valence-corrected chi connectivity index (χ4v) is 1.05. The van der Waals surface area contributed by atoms with Crippen LogP contribution in [0.4, 0.5) is 0 Å². The van der Waals surface area contributed by atoms with Crippen LogP contribution in [0.3, 0.4) is 0 Å². The molecule has 14 heavy (non-hydrogen) atoms. The van der Waals surface area contributed by atoms with Crippen LogP contribution in [0, 0.1) is 0 Å². The summed E-state index contributed by atoms with van der Waals surface area (Å²) in [5, 5.41) is 0. The Kier molecular flexibility index (Phi) is 9.79. The van der Waals surface area contributed by atoms with Crippen LogP contribution in [0.5, 0.6) is 0 Å². The maximum atomic E-state index is 11.4. The molecule has 4 heteroatoms. The molecule has 80 valence electrons. The van der Waals surface area contributed by atoms with Gasteiger partial charge in [-0.15, -0.1) is 0 Å². The van der Waals surface area contributed by atoms with Crippen molar-refractivity contribution in [1.29, 1.82) is 0 Å². The number of carbonyl (C=O) groups is 2. The molecule has 0 radical (unpaired) electrons. The zero-order valence-corrected chi connectivity index (χ0v) is 10.9. The number of Topliss-reactive ketones (excluding diaryl/α,β-unsaturated/α-hetero) is 2. The quantitative estimate of drug-likeness (QED) is 0.519. The summed E-state index contributed by atoms with van der Waals surface area (Å²) in [7, 11) is 0. The van der Waals surface area contributed by atoms with Gasteiger partial charge in [-0.1, -0.05) is 6.92 Å². The Morgan fingerprint density at radius 3 is 2.07 bits per heavy atom. The molecular formula is C10H18O3Ti. The van der Waals surface area contributed by atoms with Crippen LogP contribution in [0.2, 0.25) is 0 Å². The van der Waals surface area contributed by atoms with Gasteiger partial charge in [0.25, 0.3) is 0 Å². The van der Waals surface area contributed by atoms with Crippen molar-refractivity contribution in [2.24, 2.45) is 0 Å². The standard InChI is InChI=1S/C10H18O3.Ti/c1-5-6-9(12)10(8(4)11)13-7(2)3;/h7,10H,5-6H2,1-4H3;. The summed E-state index contributed by atoms with van der Waals surface area (Å²) in [5.41, 5.74) is 0. The Labute approximate surface area is 100 Å². The molecule has 0 aliphatic heterocycles. The number of rotatable bonds is 6. The first-order chi connectivity index (χ1) is 5.99. The predicted molar refractivity (Wildman–Crippen MR) is 50.6 cm³/mol. The van der Waals surface area contributed by atoms with E-state index in [-0.39, 0.29) is 39.4 Å². The first-order valence-electron chi connectivity index (χ1n) is 4.67. The molecule has 0 bridgehead atoms. The topological polar surface area (TPSA) is 43.4 Å². The average molecular weight is 234 g/mol. The van der Waals surface area contributed by atoms with Crippen molar-refractivity contribution in [3.63, 3.8) is 0 Å². The fourth-order valence-electron chi connectivity index (χ4n) is 1.05. The largest absolute Gasteiger partial charge is 0.360 e. The van der Waals surface area contributed by atoms with E-state index in [1.165, 1.54) is 6.92 Å². The van der Waals surface area contributed by atoms with E-state index in [4.69, 9.17) is 4.74 Å². The third-order valence-electron chi connectivity index (χ3n) is 1.57. The van der Waals surface area contributed by atoms with E-state index in [0.717, 1.165) is 6.42 Å². The van der Waals surface area contributed by atoms with Gasteiger partial charge in [0.2, 0.25) is 0 Å². The van der Waals surface area contributed by atoms with Crippen LogP contribution in [0.25, 0.3) is 0 Å². The average Bonchev–Trinajstić information content (AvgIpc) is 1.99. The van der Waals surface area contributed by atoms with Crippen LogP contribution in [0.15, 0.2) is 0 Å². The minimum Gasteiger partial charge on any atom is -0.360 e. The minimum absolute atomic E-state index is 0. The molecule has 0 saturated carbocycles. The Morgan fingerprint density at radius 1 is 1.29 bits per heavy atom. The molecule has 0 aromatic heterocycles. The normalized spacial score (nSPS) is 12.1. The van der Waals surface area contributed by atoms with E-state index < -0.39 is 6.10 Å². The smallest absolute Gasteiger partial charge is 0.174 e. The summed E-state index contributed by atoms with van der Waals surface area (Å²) in [6.45, 7) is 6.93. The summed E-state index contributed by atoms with van der Waals surface area (Å²) in [6.07, 6.45) is 0.232. The van der Waals surface area contributed by atoms with E-state index in [2.05, 4.69) is 0 Å². The molecule has 3 nitrogen and oxygen atoms in total. The Hall–Kier alpha value is 0.0143. The molecule has 0 aliphatic rings. The van der Waals surface area contributed by atoms with E-state index >= 15 is 0 Å². The third kappa shape index (κ3) is 6.47. The monoisotopic (exact) mass is 234 g/mol. The molecule has 0 fully saturated rings. The van der Waals surface area contributed by atoms with Gasteiger partial charge in [-0.25, -0.2) is 0 Å². The van der Waals surface area contributed by atoms with Gasteiger partial charge in [-0.05, 0) is 27.2 Å². The summed E-state index contributed by atoms with van der Waals surface area (Å²) in [6, 6.07) is 0. The van der Waals surface area contributed by atoms with Crippen molar-refractivity contribution in [3.05, 3.63) is 0 Å². The molecule has 1 unspecified atom stereocenters. The molecule has 0 aromatic rings. The van der Waals surface area contributed by atoms with Gasteiger partial charge in [-0.2, -0.15) is 0 Å². The minimum atomic E-state index is -0.847. The van der Waals surface area contributed by atoms with Gasteiger partial charge >= 0.3 is 0 Å². The Morgan fingerprint density at radius 2 is 1.79 bits per heavy atom. The number of hydrogen-bond donors (Lipinski definition) is 0. The Bertz CT molecular complexity index is 190. The molecule has 0 heterocycles. The summed E-state index contributed by atoms with van der Waals surface area (Å²) in [4.78, 5) is 22.4. The van der Waals surface area contributed by atoms with Gasteiger partial charge in [0.15, 0.2) is 17.7 Å². The first kappa shape index (κ1) is 16.4. The van der Waals surface area contributed by atoms with Crippen molar-refractivity contribution in [2.75, 3.05) is 0 Å². The van der Waals surface area contributed by atoms with Crippen molar-refractivity contribution in [3.8, 4) is 0 Å². The maximum absolute atomic E-state index is 11.4. The van der Waals surface area contributed by atoms with E-state index in [1.54, 1.807) is 0 Å².